The Hall–Kier alpha value is -0.600. The molecule has 0 spiro atoms. The second-order valence-corrected chi connectivity index (χ2v) is 4.93. The number of rotatable bonds is 2. The number of hydrogen-bond acceptors (Lipinski definition) is 1. The van der Waals surface area contributed by atoms with Gasteiger partial charge in [0.2, 0.25) is 0 Å². The quantitative estimate of drug-likeness (QED) is 0.870. The van der Waals surface area contributed by atoms with Crippen molar-refractivity contribution < 1.29 is 5.11 Å². The van der Waals surface area contributed by atoms with Crippen molar-refractivity contribution in [1.82, 2.24) is 0 Å². The van der Waals surface area contributed by atoms with Gasteiger partial charge in [-0.2, -0.15) is 0 Å². The summed E-state index contributed by atoms with van der Waals surface area (Å²) in [5, 5.41) is 8.93. The summed E-state index contributed by atoms with van der Waals surface area (Å²) in [7, 11) is 0. The largest absolute Gasteiger partial charge is 0.396 e. The third kappa shape index (κ3) is 2.70. The molecule has 1 aromatic rings. The Bertz CT molecular complexity index is 371. The first kappa shape index (κ1) is 10.9. The van der Waals surface area contributed by atoms with Crippen molar-refractivity contribution in [2.24, 2.45) is 5.92 Å². The van der Waals surface area contributed by atoms with Gasteiger partial charge < -0.3 is 5.11 Å². The molecule has 0 fully saturated rings. The predicted molar refractivity (Wildman–Crippen MR) is 66.7 cm³/mol. The Morgan fingerprint density at radius 1 is 1.40 bits per heavy atom. The van der Waals surface area contributed by atoms with Gasteiger partial charge in [-0.25, -0.2) is 0 Å². The van der Waals surface area contributed by atoms with E-state index in [9.17, 15) is 0 Å². The molecule has 1 unspecified atom stereocenters. The molecule has 1 aromatic carbocycles. The summed E-state index contributed by atoms with van der Waals surface area (Å²) in [6, 6.07) is 6.42. The highest BCUT2D eigenvalue weighted by atomic mass is 79.9. The average Bonchev–Trinajstić information content (AvgIpc) is 2.42. The van der Waals surface area contributed by atoms with Crippen molar-refractivity contribution in [2.45, 2.75) is 19.3 Å². The Labute approximate surface area is 99.0 Å². The van der Waals surface area contributed by atoms with Crippen LogP contribution in [0, 0.1) is 5.92 Å². The molecule has 1 N–H and O–H groups in total. The van der Waals surface area contributed by atoms with Crippen LogP contribution in [0.1, 0.15) is 24.0 Å². The van der Waals surface area contributed by atoms with Gasteiger partial charge in [0.05, 0.1) is 0 Å². The third-order valence-corrected chi connectivity index (χ3v) is 3.43. The second-order valence-electron chi connectivity index (χ2n) is 4.01. The molecule has 1 aliphatic rings. The van der Waals surface area contributed by atoms with Gasteiger partial charge in [0.1, 0.15) is 0 Å². The molecule has 15 heavy (non-hydrogen) atoms. The standard InChI is InChI=1S/C13H15BrO/c14-13-6-5-11-3-1-10(7-8-15)2-4-12(11)9-13/h1,3,5-6,9-10,15H,2,4,7-8H2. The molecule has 0 heterocycles. The minimum Gasteiger partial charge on any atom is -0.396 e. The average molecular weight is 267 g/mol. The number of aliphatic hydroxyl groups is 1. The molecule has 0 aliphatic heterocycles. The smallest absolute Gasteiger partial charge is 0.0436 e. The van der Waals surface area contributed by atoms with E-state index in [1.807, 2.05) is 0 Å². The zero-order valence-electron chi connectivity index (χ0n) is 8.62. The molecule has 2 heteroatoms. The highest BCUT2D eigenvalue weighted by Gasteiger charge is 2.11. The van der Waals surface area contributed by atoms with Crippen LogP contribution < -0.4 is 0 Å². The van der Waals surface area contributed by atoms with Crippen LogP contribution in [0.3, 0.4) is 0 Å². The maximum absolute atomic E-state index is 8.93. The van der Waals surface area contributed by atoms with Gasteiger partial charge in [0.25, 0.3) is 0 Å². The lowest BCUT2D eigenvalue weighted by molar-refractivity contribution is 0.267. The summed E-state index contributed by atoms with van der Waals surface area (Å²) in [6.07, 6.45) is 7.55. The van der Waals surface area contributed by atoms with Crippen LogP contribution in [-0.4, -0.2) is 11.7 Å². The normalized spacial score (nSPS) is 19.7. The molecular weight excluding hydrogens is 252 g/mol. The topological polar surface area (TPSA) is 20.2 Å². The minimum absolute atomic E-state index is 0.287. The number of benzene rings is 1. The summed E-state index contributed by atoms with van der Waals surface area (Å²) < 4.78 is 1.15. The van der Waals surface area contributed by atoms with Crippen LogP contribution in [0.2, 0.25) is 0 Å². The number of allylic oxidation sites excluding steroid dienone is 1. The first-order valence-corrected chi connectivity index (χ1v) is 6.16. The summed E-state index contributed by atoms with van der Waals surface area (Å²) in [4.78, 5) is 0. The molecule has 0 aromatic heterocycles. The third-order valence-electron chi connectivity index (χ3n) is 2.94. The summed E-state index contributed by atoms with van der Waals surface area (Å²) in [5.74, 6) is 0.529. The van der Waals surface area contributed by atoms with Crippen LogP contribution >= 0.6 is 15.9 Å². The summed E-state index contributed by atoms with van der Waals surface area (Å²) in [5.41, 5.74) is 2.72. The Morgan fingerprint density at radius 2 is 2.27 bits per heavy atom. The Morgan fingerprint density at radius 3 is 3.07 bits per heavy atom. The van der Waals surface area contributed by atoms with Crippen molar-refractivity contribution in [1.29, 1.82) is 0 Å². The second kappa shape index (κ2) is 4.95. The van der Waals surface area contributed by atoms with E-state index >= 15 is 0 Å². The number of aliphatic hydroxyl groups excluding tert-OH is 1. The first-order chi connectivity index (χ1) is 7.29. The van der Waals surface area contributed by atoms with Crippen molar-refractivity contribution in [3.8, 4) is 0 Å². The number of aryl methyl sites for hydroxylation is 1. The maximum atomic E-state index is 8.93. The van der Waals surface area contributed by atoms with Crippen LogP contribution in [0.25, 0.3) is 6.08 Å². The summed E-state index contributed by atoms with van der Waals surface area (Å²) >= 11 is 3.50. The van der Waals surface area contributed by atoms with Gasteiger partial charge >= 0.3 is 0 Å². The van der Waals surface area contributed by atoms with E-state index in [0.29, 0.717) is 5.92 Å². The molecule has 0 amide bonds. The van der Waals surface area contributed by atoms with Crippen LogP contribution in [0.15, 0.2) is 28.7 Å². The van der Waals surface area contributed by atoms with Gasteiger partial charge in [0.15, 0.2) is 0 Å². The van der Waals surface area contributed by atoms with E-state index in [-0.39, 0.29) is 6.61 Å². The molecule has 0 saturated heterocycles. The number of hydrogen-bond donors (Lipinski definition) is 1. The minimum atomic E-state index is 0.287. The fourth-order valence-electron chi connectivity index (χ4n) is 2.04. The highest BCUT2D eigenvalue weighted by molar-refractivity contribution is 9.10. The first-order valence-electron chi connectivity index (χ1n) is 5.37. The van der Waals surface area contributed by atoms with Crippen molar-refractivity contribution in [2.75, 3.05) is 6.61 Å². The van der Waals surface area contributed by atoms with Gasteiger partial charge in [-0.1, -0.05) is 34.1 Å². The van der Waals surface area contributed by atoms with E-state index in [1.54, 1.807) is 0 Å². The van der Waals surface area contributed by atoms with E-state index in [1.165, 1.54) is 11.1 Å². The zero-order valence-corrected chi connectivity index (χ0v) is 10.2. The monoisotopic (exact) mass is 266 g/mol. The lowest BCUT2D eigenvalue weighted by Gasteiger charge is -2.08. The molecule has 0 bridgehead atoms. The lowest BCUT2D eigenvalue weighted by atomic mass is 9.99. The molecule has 1 atom stereocenters. The van der Waals surface area contributed by atoms with E-state index < -0.39 is 0 Å². The SMILES string of the molecule is OCCC1C=Cc2ccc(Br)cc2CC1. The lowest BCUT2D eigenvalue weighted by Crippen LogP contribution is -2.00. The van der Waals surface area contributed by atoms with Crippen LogP contribution in [0.4, 0.5) is 0 Å². The van der Waals surface area contributed by atoms with Gasteiger partial charge in [-0.15, -0.1) is 0 Å². The van der Waals surface area contributed by atoms with Gasteiger partial charge in [0, 0.05) is 11.1 Å². The fourth-order valence-corrected chi connectivity index (χ4v) is 2.45. The molecule has 0 radical (unpaired) electrons. The van der Waals surface area contributed by atoms with Crippen LogP contribution in [0.5, 0.6) is 0 Å². The van der Waals surface area contributed by atoms with Crippen molar-refractivity contribution in [3.05, 3.63) is 39.9 Å². The molecule has 80 valence electrons. The number of halogens is 1. The van der Waals surface area contributed by atoms with E-state index in [0.717, 1.165) is 23.7 Å². The van der Waals surface area contributed by atoms with Crippen molar-refractivity contribution in [3.63, 3.8) is 0 Å². The fraction of sp³-hybridized carbons (Fsp3) is 0.385. The predicted octanol–water partition coefficient (Wildman–Crippen LogP) is 3.41. The van der Waals surface area contributed by atoms with E-state index in [4.69, 9.17) is 5.11 Å². The van der Waals surface area contributed by atoms with Crippen LogP contribution in [-0.2, 0) is 6.42 Å². The summed E-state index contributed by atoms with van der Waals surface area (Å²) in [6.45, 7) is 0.287. The molecule has 1 aliphatic carbocycles. The molecule has 1 nitrogen and oxygen atoms in total. The Kier molecular flexibility index (Phi) is 3.60. The van der Waals surface area contributed by atoms with E-state index in [2.05, 4.69) is 46.3 Å². The van der Waals surface area contributed by atoms with Crippen molar-refractivity contribution >= 4 is 22.0 Å². The zero-order chi connectivity index (χ0) is 10.7. The molecular formula is C13H15BrO. The van der Waals surface area contributed by atoms with Gasteiger partial charge in [-0.3, -0.25) is 0 Å². The van der Waals surface area contributed by atoms with Gasteiger partial charge in [-0.05, 0) is 48.4 Å². The number of fused-ring (bicyclic) bond motifs is 1. The Balaban J connectivity index is 2.20. The highest BCUT2D eigenvalue weighted by Crippen LogP contribution is 2.26. The maximum Gasteiger partial charge on any atom is 0.0436 e. The molecule has 2 rings (SSSR count). The molecule has 0 saturated carbocycles.